The van der Waals surface area contributed by atoms with Gasteiger partial charge in [0.05, 0.1) is 12.5 Å². The average molecular weight is 300 g/mol. The van der Waals surface area contributed by atoms with Gasteiger partial charge in [-0.1, -0.05) is 31.1 Å². The molecule has 1 aliphatic carbocycles. The van der Waals surface area contributed by atoms with Crippen LogP contribution in [0.1, 0.15) is 58.9 Å². The zero-order valence-electron chi connectivity index (χ0n) is 14.3. The van der Waals surface area contributed by atoms with Crippen LogP contribution < -0.4 is 0 Å². The minimum absolute atomic E-state index is 0.357. The highest BCUT2D eigenvalue weighted by Gasteiger charge is 2.30. The van der Waals surface area contributed by atoms with Gasteiger partial charge < -0.3 is 4.42 Å². The van der Waals surface area contributed by atoms with Crippen molar-refractivity contribution in [2.75, 3.05) is 0 Å². The van der Waals surface area contributed by atoms with Gasteiger partial charge in [-0.05, 0) is 68.6 Å². The smallest absolute Gasteiger partial charge is 0.159 e. The van der Waals surface area contributed by atoms with Crippen LogP contribution in [0.25, 0.3) is 0 Å². The summed E-state index contributed by atoms with van der Waals surface area (Å²) >= 11 is 0. The molecule has 0 amide bonds. The van der Waals surface area contributed by atoms with E-state index in [0.717, 1.165) is 37.7 Å². The van der Waals surface area contributed by atoms with Gasteiger partial charge in [0.2, 0.25) is 0 Å². The van der Waals surface area contributed by atoms with Gasteiger partial charge >= 0.3 is 0 Å². The summed E-state index contributed by atoms with van der Waals surface area (Å²) in [6.45, 7) is 8.67. The number of hydrogen-bond donors (Lipinski definition) is 0. The van der Waals surface area contributed by atoms with Crippen molar-refractivity contribution in [2.24, 2.45) is 11.8 Å². The molecule has 0 aromatic carbocycles. The highest BCUT2D eigenvalue weighted by atomic mass is 16.3. The van der Waals surface area contributed by atoms with E-state index in [-0.39, 0.29) is 0 Å². The maximum atomic E-state index is 12.0. The van der Waals surface area contributed by atoms with Crippen molar-refractivity contribution >= 4 is 5.78 Å². The predicted octanol–water partition coefficient (Wildman–Crippen LogP) is 5.50. The zero-order valence-corrected chi connectivity index (χ0v) is 14.3. The van der Waals surface area contributed by atoms with Gasteiger partial charge in [-0.3, -0.25) is 4.79 Å². The lowest BCUT2D eigenvalue weighted by molar-refractivity contribution is -0.115. The van der Waals surface area contributed by atoms with Crippen molar-refractivity contribution < 1.29 is 9.21 Å². The van der Waals surface area contributed by atoms with E-state index < -0.39 is 0 Å². The maximum Gasteiger partial charge on any atom is 0.159 e. The van der Waals surface area contributed by atoms with Gasteiger partial charge in [-0.2, -0.15) is 0 Å². The van der Waals surface area contributed by atoms with Crippen LogP contribution in [0, 0.1) is 11.8 Å². The van der Waals surface area contributed by atoms with Crippen LogP contribution in [0.2, 0.25) is 0 Å². The van der Waals surface area contributed by atoms with E-state index in [9.17, 15) is 4.79 Å². The molecule has 0 saturated heterocycles. The molecule has 0 fully saturated rings. The quantitative estimate of drug-likeness (QED) is 0.622. The Morgan fingerprint density at radius 1 is 1.41 bits per heavy atom. The first-order valence-electron chi connectivity index (χ1n) is 8.38. The van der Waals surface area contributed by atoms with E-state index in [4.69, 9.17) is 4.42 Å². The lowest BCUT2D eigenvalue weighted by atomic mass is 9.86. The number of carbonyl (C=O) groups is 1. The number of allylic oxidation sites excluding steroid dienone is 4. The fraction of sp³-hybridized carbons (Fsp3) is 0.550. The van der Waals surface area contributed by atoms with Crippen LogP contribution in [-0.2, 0) is 11.2 Å². The standard InChI is InChI=1S/C20H28O2/c1-14(2)19-12-20(21)16(4)18(19)9-8-15(3)6-5-7-17-10-11-22-13-17/h6,10-11,13-14,19H,5,7-9,12H2,1-4H3. The Kier molecular flexibility index (Phi) is 5.82. The molecular weight excluding hydrogens is 272 g/mol. The average Bonchev–Trinajstić information content (AvgIpc) is 3.07. The topological polar surface area (TPSA) is 30.2 Å². The summed E-state index contributed by atoms with van der Waals surface area (Å²) in [6.07, 6.45) is 10.8. The second-order valence-corrected chi connectivity index (χ2v) is 6.85. The van der Waals surface area contributed by atoms with Gasteiger partial charge in [-0.25, -0.2) is 0 Å². The Labute approximate surface area is 134 Å². The van der Waals surface area contributed by atoms with Gasteiger partial charge in [0.15, 0.2) is 5.78 Å². The molecule has 1 aromatic heterocycles. The Balaban J connectivity index is 1.86. The predicted molar refractivity (Wildman–Crippen MR) is 90.7 cm³/mol. The highest BCUT2D eigenvalue weighted by Crippen LogP contribution is 2.37. The molecule has 1 atom stereocenters. The Morgan fingerprint density at radius 2 is 2.18 bits per heavy atom. The first-order valence-corrected chi connectivity index (χ1v) is 8.38. The molecule has 120 valence electrons. The highest BCUT2D eigenvalue weighted by molar-refractivity contribution is 5.98. The summed E-state index contributed by atoms with van der Waals surface area (Å²) in [7, 11) is 0. The molecule has 0 saturated carbocycles. The molecular formula is C20H28O2. The van der Waals surface area contributed by atoms with Crippen LogP contribution in [0.4, 0.5) is 0 Å². The van der Waals surface area contributed by atoms with E-state index in [1.807, 2.05) is 19.3 Å². The number of rotatable bonds is 7. The lowest BCUT2D eigenvalue weighted by Gasteiger charge is -2.18. The van der Waals surface area contributed by atoms with E-state index in [1.54, 1.807) is 6.26 Å². The van der Waals surface area contributed by atoms with Crippen LogP contribution in [0.5, 0.6) is 0 Å². The third kappa shape index (κ3) is 4.22. The van der Waals surface area contributed by atoms with Crippen molar-refractivity contribution in [2.45, 2.75) is 59.8 Å². The van der Waals surface area contributed by atoms with E-state index in [2.05, 4.69) is 26.8 Å². The Bertz CT molecular complexity index is 559. The summed E-state index contributed by atoms with van der Waals surface area (Å²) in [5.41, 5.74) is 5.11. The summed E-state index contributed by atoms with van der Waals surface area (Å²) in [5, 5.41) is 0. The number of furan rings is 1. The van der Waals surface area contributed by atoms with Crippen LogP contribution in [0.3, 0.4) is 0 Å². The molecule has 1 heterocycles. The normalized spacial score (nSPS) is 19.6. The first-order chi connectivity index (χ1) is 10.5. The summed E-state index contributed by atoms with van der Waals surface area (Å²) < 4.78 is 5.08. The number of carbonyl (C=O) groups excluding carboxylic acids is 1. The summed E-state index contributed by atoms with van der Waals surface area (Å²) in [6, 6.07) is 2.02. The molecule has 0 bridgehead atoms. The zero-order chi connectivity index (χ0) is 16.1. The molecule has 2 nitrogen and oxygen atoms in total. The van der Waals surface area contributed by atoms with Crippen LogP contribution in [-0.4, -0.2) is 5.78 Å². The van der Waals surface area contributed by atoms with Gasteiger partial charge in [0.25, 0.3) is 0 Å². The molecule has 22 heavy (non-hydrogen) atoms. The summed E-state index contributed by atoms with van der Waals surface area (Å²) in [5.74, 6) is 1.38. The van der Waals surface area contributed by atoms with Crippen molar-refractivity contribution in [1.29, 1.82) is 0 Å². The van der Waals surface area contributed by atoms with Crippen molar-refractivity contribution in [1.82, 2.24) is 0 Å². The Morgan fingerprint density at radius 3 is 2.82 bits per heavy atom. The second-order valence-electron chi connectivity index (χ2n) is 6.85. The molecule has 2 heteroatoms. The molecule has 0 spiro atoms. The molecule has 0 aliphatic heterocycles. The minimum atomic E-state index is 0.357. The van der Waals surface area contributed by atoms with E-state index >= 15 is 0 Å². The number of ketones is 1. The molecule has 1 unspecified atom stereocenters. The lowest BCUT2D eigenvalue weighted by Crippen LogP contribution is -2.09. The molecule has 0 radical (unpaired) electrons. The Hall–Kier alpha value is -1.57. The van der Waals surface area contributed by atoms with E-state index in [1.165, 1.54) is 16.7 Å². The third-order valence-electron chi connectivity index (χ3n) is 4.85. The van der Waals surface area contributed by atoms with Crippen molar-refractivity contribution in [3.8, 4) is 0 Å². The third-order valence-corrected chi connectivity index (χ3v) is 4.85. The van der Waals surface area contributed by atoms with Crippen LogP contribution in [0.15, 0.2) is 45.8 Å². The molecule has 1 aromatic rings. The van der Waals surface area contributed by atoms with Crippen LogP contribution >= 0.6 is 0 Å². The van der Waals surface area contributed by atoms with E-state index in [0.29, 0.717) is 17.6 Å². The SMILES string of the molecule is CC(=CCCc1ccoc1)CCC1=C(C)C(=O)CC1C(C)C. The van der Waals surface area contributed by atoms with Gasteiger partial charge in [0, 0.05) is 6.42 Å². The number of aryl methyl sites for hydroxylation is 1. The summed E-state index contributed by atoms with van der Waals surface area (Å²) in [4.78, 5) is 12.0. The van der Waals surface area contributed by atoms with Crippen molar-refractivity contribution in [3.63, 3.8) is 0 Å². The van der Waals surface area contributed by atoms with Crippen molar-refractivity contribution in [3.05, 3.63) is 47.0 Å². The fourth-order valence-corrected chi connectivity index (χ4v) is 3.30. The molecule has 2 rings (SSSR count). The monoisotopic (exact) mass is 300 g/mol. The molecule has 0 N–H and O–H groups in total. The minimum Gasteiger partial charge on any atom is -0.472 e. The second kappa shape index (κ2) is 7.62. The largest absolute Gasteiger partial charge is 0.472 e. The number of Topliss-reactive ketones (excluding diaryl/α,β-unsaturated/α-hetero) is 1. The number of hydrogen-bond acceptors (Lipinski definition) is 2. The maximum absolute atomic E-state index is 12.0. The molecule has 1 aliphatic rings. The van der Waals surface area contributed by atoms with Gasteiger partial charge in [-0.15, -0.1) is 0 Å². The van der Waals surface area contributed by atoms with Gasteiger partial charge in [0.1, 0.15) is 0 Å². The first kappa shape index (κ1) is 16.8. The fourth-order valence-electron chi connectivity index (χ4n) is 3.30.